The van der Waals surface area contributed by atoms with Crippen LogP contribution in [0.25, 0.3) is 0 Å². The van der Waals surface area contributed by atoms with Crippen molar-refractivity contribution in [2.24, 2.45) is 5.41 Å². The molecule has 16 heavy (non-hydrogen) atoms. The fourth-order valence-electron chi connectivity index (χ4n) is 2.96. The minimum Gasteiger partial charge on any atom is -0.291 e. The Morgan fingerprint density at radius 2 is 1.38 bits per heavy atom. The Morgan fingerprint density at radius 1 is 0.875 bits per heavy atom. The van der Waals surface area contributed by atoms with E-state index in [1.807, 2.05) is 0 Å². The molecule has 2 nitrogen and oxygen atoms in total. The van der Waals surface area contributed by atoms with Gasteiger partial charge >= 0.3 is 0 Å². The van der Waals surface area contributed by atoms with Crippen LogP contribution in [-0.4, -0.2) is 41.6 Å². The molecule has 1 saturated heterocycles. The van der Waals surface area contributed by atoms with Crippen LogP contribution in [0.4, 0.5) is 0 Å². The maximum Gasteiger partial charge on any atom is 0.0674 e. The zero-order chi connectivity index (χ0) is 12.6. The zero-order valence-electron chi connectivity index (χ0n) is 12.3. The van der Waals surface area contributed by atoms with Gasteiger partial charge in [0.25, 0.3) is 0 Å². The van der Waals surface area contributed by atoms with Gasteiger partial charge in [0.05, 0.1) is 6.17 Å². The van der Waals surface area contributed by atoms with Crippen LogP contribution in [0.1, 0.15) is 54.4 Å². The molecule has 0 aromatic rings. The summed E-state index contributed by atoms with van der Waals surface area (Å²) in [4.78, 5) is 5.22. The van der Waals surface area contributed by atoms with Crippen LogP contribution in [0.3, 0.4) is 0 Å². The number of hydrogen-bond donors (Lipinski definition) is 0. The molecule has 1 unspecified atom stereocenters. The van der Waals surface area contributed by atoms with Crippen LogP contribution >= 0.6 is 0 Å². The van der Waals surface area contributed by atoms with E-state index < -0.39 is 0 Å². The average Bonchev–Trinajstić information content (AvgIpc) is 2.23. The molecule has 0 amide bonds. The van der Waals surface area contributed by atoms with Gasteiger partial charge in [0.1, 0.15) is 0 Å². The van der Waals surface area contributed by atoms with E-state index in [0.29, 0.717) is 11.6 Å². The van der Waals surface area contributed by atoms with Gasteiger partial charge in [-0.15, -0.1) is 0 Å². The summed E-state index contributed by atoms with van der Waals surface area (Å²) in [5.74, 6) is 0. The predicted molar refractivity (Wildman–Crippen MR) is 71.6 cm³/mol. The molecule has 2 heteroatoms. The number of hydrogen-bond acceptors (Lipinski definition) is 2. The fraction of sp³-hybridized carbons (Fsp3) is 1.00. The Labute approximate surface area is 102 Å². The molecule has 0 N–H and O–H groups in total. The van der Waals surface area contributed by atoms with E-state index in [1.165, 1.54) is 25.9 Å². The van der Waals surface area contributed by atoms with Gasteiger partial charge in [-0.25, -0.2) is 0 Å². The van der Waals surface area contributed by atoms with Gasteiger partial charge in [0.15, 0.2) is 0 Å². The Hall–Kier alpha value is -0.0800. The Balaban J connectivity index is 3.00. The quantitative estimate of drug-likeness (QED) is 0.626. The number of nitrogens with zero attached hydrogens (tertiary/aromatic N) is 2. The fourth-order valence-corrected chi connectivity index (χ4v) is 2.96. The molecule has 1 aliphatic rings. The monoisotopic (exact) mass is 226 g/mol. The molecule has 1 atom stereocenters. The van der Waals surface area contributed by atoms with Crippen molar-refractivity contribution in [1.29, 1.82) is 0 Å². The molecule has 1 aliphatic heterocycles. The molecule has 96 valence electrons. The normalized spacial score (nSPS) is 26.8. The van der Waals surface area contributed by atoms with Gasteiger partial charge in [-0.05, 0) is 52.6 Å². The molecule has 1 fully saturated rings. The second kappa shape index (κ2) is 4.66. The van der Waals surface area contributed by atoms with Gasteiger partial charge in [0, 0.05) is 12.1 Å². The molecular weight excluding hydrogens is 196 g/mol. The highest BCUT2D eigenvalue weighted by Crippen LogP contribution is 2.33. The Morgan fingerprint density at radius 3 is 1.81 bits per heavy atom. The second-order valence-electron chi connectivity index (χ2n) is 7.29. The third-order valence-electron chi connectivity index (χ3n) is 3.51. The predicted octanol–water partition coefficient (Wildman–Crippen LogP) is 3.18. The lowest BCUT2D eigenvalue weighted by Gasteiger charge is -2.49. The first kappa shape index (κ1) is 14.0. The summed E-state index contributed by atoms with van der Waals surface area (Å²) < 4.78 is 0. The summed E-state index contributed by atoms with van der Waals surface area (Å²) in [5, 5.41) is 0. The van der Waals surface area contributed by atoms with Crippen molar-refractivity contribution < 1.29 is 0 Å². The molecule has 1 heterocycles. The van der Waals surface area contributed by atoms with Gasteiger partial charge in [0.2, 0.25) is 0 Å². The highest BCUT2D eigenvalue weighted by molar-refractivity contribution is 4.90. The van der Waals surface area contributed by atoms with Gasteiger partial charge in [-0.2, -0.15) is 0 Å². The van der Waals surface area contributed by atoms with E-state index in [4.69, 9.17) is 0 Å². The third-order valence-corrected chi connectivity index (χ3v) is 3.51. The molecule has 0 aromatic heterocycles. The van der Waals surface area contributed by atoms with Crippen LogP contribution in [-0.2, 0) is 0 Å². The van der Waals surface area contributed by atoms with Gasteiger partial charge in [-0.1, -0.05) is 20.8 Å². The maximum absolute atomic E-state index is 2.68. The molecule has 0 radical (unpaired) electrons. The van der Waals surface area contributed by atoms with Crippen LogP contribution < -0.4 is 0 Å². The first-order chi connectivity index (χ1) is 7.14. The number of rotatable bonds is 0. The second-order valence-corrected chi connectivity index (χ2v) is 7.29. The Bertz CT molecular complexity index is 222. The SMILES string of the molecule is CN1CCCCN(C(C)(C)C)C1C(C)(C)C. The van der Waals surface area contributed by atoms with Crippen molar-refractivity contribution in [3.63, 3.8) is 0 Å². The van der Waals surface area contributed by atoms with E-state index in [0.717, 1.165) is 0 Å². The standard InChI is InChI=1S/C14H30N2/c1-13(2,3)12-15(7)10-8-9-11-16(12)14(4,5)6/h12H,8-11H2,1-7H3. The molecule has 0 aliphatic carbocycles. The molecule has 0 aromatic carbocycles. The van der Waals surface area contributed by atoms with E-state index >= 15 is 0 Å². The minimum atomic E-state index is 0.260. The zero-order valence-corrected chi connectivity index (χ0v) is 12.3. The topological polar surface area (TPSA) is 6.48 Å². The molecule has 0 saturated carbocycles. The summed E-state index contributed by atoms with van der Waals surface area (Å²) in [5.41, 5.74) is 0.572. The van der Waals surface area contributed by atoms with Crippen LogP contribution in [0.2, 0.25) is 0 Å². The lowest BCUT2D eigenvalue weighted by atomic mass is 9.88. The summed E-state index contributed by atoms with van der Waals surface area (Å²) in [6, 6.07) is 0. The Kier molecular flexibility index (Phi) is 4.07. The highest BCUT2D eigenvalue weighted by atomic mass is 15.4. The van der Waals surface area contributed by atoms with E-state index in [1.54, 1.807) is 0 Å². The maximum atomic E-state index is 2.68. The average molecular weight is 226 g/mol. The molecular formula is C14H30N2. The lowest BCUT2D eigenvalue weighted by Crippen LogP contribution is -2.59. The molecule has 0 bridgehead atoms. The van der Waals surface area contributed by atoms with Crippen LogP contribution in [0.5, 0.6) is 0 Å². The largest absolute Gasteiger partial charge is 0.291 e. The summed E-state index contributed by atoms with van der Waals surface area (Å²) in [6.07, 6.45) is 3.21. The summed E-state index contributed by atoms with van der Waals surface area (Å²) >= 11 is 0. The molecule has 0 spiro atoms. The smallest absolute Gasteiger partial charge is 0.0674 e. The summed E-state index contributed by atoms with van der Waals surface area (Å²) in [7, 11) is 2.28. The van der Waals surface area contributed by atoms with Gasteiger partial charge in [-0.3, -0.25) is 9.80 Å². The van der Waals surface area contributed by atoms with E-state index in [9.17, 15) is 0 Å². The first-order valence-electron chi connectivity index (χ1n) is 6.61. The lowest BCUT2D eigenvalue weighted by molar-refractivity contribution is -0.0518. The summed E-state index contributed by atoms with van der Waals surface area (Å²) in [6.45, 7) is 16.6. The van der Waals surface area contributed by atoms with E-state index in [2.05, 4.69) is 58.4 Å². The van der Waals surface area contributed by atoms with Crippen molar-refractivity contribution >= 4 is 0 Å². The van der Waals surface area contributed by atoms with Crippen molar-refractivity contribution in [2.75, 3.05) is 20.1 Å². The van der Waals surface area contributed by atoms with Crippen molar-refractivity contribution in [2.45, 2.75) is 66.1 Å². The van der Waals surface area contributed by atoms with Crippen LogP contribution in [0, 0.1) is 5.41 Å². The highest BCUT2D eigenvalue weighted by Gasteiger charge is 2.39. The van der Waals surface area contributed by atoms with Crippen LogP contribution in [0.15, 0.2) is 0 Å². The van der Waals surface area contributed by atoms with Crippen molar-refractivity contribution in [3.05, 3.63) is 0 Å². The van der Waals surface area contributed by atoms with E-state index in [-0.39, 0.29) is 5.54 Å². The van der Waals surface area contributed by atoms with Crippen molar-refractivity contribution in [1.82, 2.24) is 9.80 Å². The van der Waals surface area contributed by atoms with Gasteiger partial charge < -0.3 is 0 Å². The minimum absolute atomic E-state index is 0.260. The molecule has 1 rings (SSSR count). The first-order valence-corrected chi connectivity index (χ1v) is 6.61. The van der Waals surface area contributed by atoms with Crippen molar-refractivity contribution in [3.8, 4) is 0 Å². The third kappa shape index (κ3) is 3.21.